The van der Waals surface area contributed by atoms with E-state index in [1.165, 1.54) is 27.8 Å². The Morgan fingerprint density at radius 2 is 1.79 bits per heavy atom. The Hall–Kier alpha value is -3.87. The van der Waals surface area contributed by atoms with E-state index >= 15 is 0 Å². The Morgan fingerprint density at radius 1 is 1.08 bits per heavy atom. The Morgan fingerprint density at radius 3 is 2.45 bits per heavy atom. The molecule has 0 saturated heterocycles. The van der Waals surface area contributed by atoms with Crippen LogP contribution in [0, 0.1) is 19.3 Å². The number of aryl methyl sites for hydroxylation is 2. The number of anilines is 1. The molecule has 204 valence electrons. The molecule has 1 heterocycles. The van der Waals surface area contributed by atoms with Crippen LogP contribution in [-0.4, -0.2) is 43.1 Å². The molecule has 38 heavy (non-hydrogen) atoms. The minimum Gasteiger partial charge on any atom is -0.368 e. The Kier molecular flexibility index (Phi) is 10.9. The average molecular weight is 563 g/mol. The van der Waals surface area contributed by atoms with Gasteiger partial charge in [-0.3, -0.25) is 24.6 Å². The molecule has 13 heteroatoms. The van der Waals surface area contributed by atoms with Crippen LogP contribution < -0.4 is 21.3 Å². The second-order valence-corrected chi connectivity index (χ2v) is 9.97. The monoisotopic (exact) mass is 562 g/mol. The Bertz CT molecular complexity index is 1430. The molecule has 0 saturated carbocycles. The van der Waals surface area contributed by atoms with Crippen molar-refractivity contribution < 1.29 is 18.0 Å². The molecule has 2 aromatic carbocycles. The van der Waals surface area contributed by atoms with Gasteiger partial charge in [-0.2, -0.15) is 0 Å². The number of halogens is 1. The van der Waals surface area contributed by atoms with Crippen molar-refractivity contribution >= 4 is 40.0 Å². The highest BCUT2D eigenvalue weighted by atomic mass is 35.5. The number of sulfonamides is 1. The maximum Gasteiger partial charge on any atom is 0.275 e. The number of nitrogens with two attached hydrogens (primary N) is 1. The fourth-order valence-electron chi connectivity index (χ4n) is 3.43. The van der Waals surface area contributed by atoms with Crippen molar-refractivity contribution in [1.82, 2.24) is 14.9 Å². The van der Waals surface area contributed by atoms with E-state index in [4.69, 9.17) is 16.0 Å². The summed E-state index contributed by atoms with van der Waals surface area (Å²) in [5.74, 6) is -0.743. The van der Waals surface area contributed by atoms with Crippen molar-refractivity contribution in [3.8, 4) is 0 Å². The van der Waals surface area contributed by atoms with Crippen molar-refractivity contribution in [2.75, 3.05) is 17.9 Å². The first-order chi connectivity index (χ1) is 17.6. The van der Waals surface area contributed by atoms with Crippen LogP contribution in [0.1, 0.15) is 16.8 Å². The molecule has 11 nitrogen and oxygen atoms in total. The van der Waals surface area contributed by atoms with E-state index in [1.807, 2.05) is 30.3 Å². The van der Waals surface area contributed by atoms with Crippen LogP contribution in [0.15, 0.2) is 76.4 Å². The summed E-state index contributed by atoms with van der Waals surface area (Å²) in [6, 6.07) is 18.6. The highest BCUT2D eigenvalue weighted by Gasteiger charge is 2.18. The first-order valence-electron chi connectivity index (χ1n) is 11.4. The minimum atomic E-state index is -3.98. The number of nitrogens with zero attached hydrogens (tertiary/aromatic N) is 2. The molecule has 5 N–H and O–H groups in total. The zero-order valence-corrected chi connectivity index (χ0v) is 22.6. The van der Waals surface area contributed by atoms with E-state index < -0.39 is 21.5 Å². The number of rotatable bonds is 11. The van der Waals surface area contributed by atoms with Crippen LogP contribution in [0.4, 0.5) is 5.69 Å². The van der Waals surface area contributed by atoms with E-state index in [2.05, 4.69) is 10.0 Å². The number of carbonyl (C=O) groups excluding carboxylic acids is 1. The summed E-state index contributed by atoms with van der Waals surface area (Å²) in [6.07, 6.45) is 0. The van der Waals surface area contributed by atoms with Gasteiger partial charge in [-0.05, 0) is 49.2 Å². The number of hydrogen-bond acceptors (Lipinski definition) is 6. The summed E-state index contributed by atoms with van der Waals surface area (Å²) in [5, 5.41) is 11.5. The number of carbonyl (C=O) groups is 1. The van der Waals surface area contributed by atoms with Crippen LogP contribution in [0.5, 0.6) is 0 Å². The summed E-state index contributed by atoms with van der Waals surface area (Å²) in [6.45, 7) is 3.51. The molecule has 0 atom stereocenters. The van der Waals surface area contributed by atoms with Gasteiger partial charge in [0.25, 0.3) is 15.6 Å². The first kappa shape index (κ1) is 30.4. The lowest BCUT2D eigenvalue weighted by molar-refractivity contribution is -0.125. The smallest absolute Gasteiger partial charge is 0.275 e. The highest BCUT2D eigenvalue weighted by molar-refractivity contribution is 7.92. The van der Waals surface area contributed by atoms with Crippen molar-refractivity contribution in [2.24, 2.45) is 5.73 Å². The molecule has 3 aromatic rings. The van der Waals surface area contributed by atoms with Crippen LogP contribution in [0.2, 0.25) is 0 Å². The third-order valence-corrected chi connectivity index (χ3v) is 6.71. The van der Waals surface area contributed by atoms with Crippen molar-refractivity contribution in [3.63, 3.8) is 0 Å². The Labute approximate surface area is 227 Å². The molecule has 1 amide bonds. The molecule has 0 radical (unpaired) electrons. The fourth-order valence-corrected chi connectivity index (χ4v) is 4.59. The number of pyridine rings is 1. The maximum atomic E-state index is 13.0. The summed E-state index contributed by atoms with van der Waals surface area (Å²) in [7, 11) is -3.98. The second-order valence-electron chi connectivity index (χ2n) is 8.29. The molecule has 0 aliphatic rings. The van der Waals surface area contributed by atoms with E-state index in [9.17, 15) is 18.0 Å². The largest absolute Gasteiger partial charge is 0.368 e. The molecular weight excluding hydrogens is 532 g/mol. The zero-order valence-electron chi connectivity index (χ0n) is 21.0. The van der Waals surface area contributed by atoms with Crippen LogP contribution in [0.25, 0.3) is 0 Å². The molecule has 0 fully saturated rings. The molecule has 0 bridgehead atoms. The Balaban J connectivity index is 0.00000507. The fraction of sp³-hybridized carbons (Fsp3) is 0.240. The third kappa shape index (κ3) is 8.33. The van der Waals surface area contributed by atoms with Gasteiger partial charge in [-0.15, -0.1) is 12.4 Å². The lowest BCUT2D eigenvalue weighted by Gasteiger charge is -2.22. The summed E-state index contributed by atoms with van der Waals surface area (Å²) in [5.41, 5.74) is 6.91. The lowest BCUT2D eigenvalue weighted by Crippen LogP contribution is -2.39. The standard InChI is InChI=1S/C25H30N6O5S.ClH/c1-18-7-6-10-21(15-18)37(34,35)29-22-12-11-19(2)30(24(22)33)17-23(32)28-13-14-36-31(25(26)27)16-20-8-4-3-5-9-20;/h3-12,15,29H,13-14,16-17H2,1-2H3,(H3,26,27)(H,28,32);1H. The summed E-state index contributed by atoms with van der Waals surface area (Å²) >= 11 is 0. The minimum absolute atomic E-state index is 0. The quantitative estimate of drug-likeness (QED) is 0.120. The molecule has 0 aliphatic carbocycles. The topological polar surface area (TPSA) is 160 Å². The maximum absolute atomic E-state index is 13.0. The second kappa shape index (κ2) is 13.6. The van der Waals surface area contributed by atoms with E-state index in [1.54, 1.807) is 32.0 Å². The van der Waals surface area contributed by atoms with Crippen LogP contribution >= 0.6 is 12.4 Å². The number of aromatic nitrogens is 1. The van der Waals surface area contributed by atoms with Gasteiger partial charge in [-0.1, -0.05) is 42.5 Å². The highest BCUT2D eigenvalue weighted by Crippen LogP contribution is 2.15. The predicted octanol–water partition coefficient (Wildman–Crippen LogP) is 2.13. The number of hydroxylamine groups is 2. The summed E-state index contributed by atoms with van der Waals surface area (Å²) < 4.78 is 29.0. The zero-order chi connectivity index (χ0) is 27.0. The van der Waals surface area contributed by atoms with E-state index in [0.29, 0.717) is 5.69 Å². The molecule has 0 aliphatic heterocycles. The van der Waals surface area contributed by atoms with Crippen molar-refractivity contribution in [3.05, 3.63) is 93.9 Å². The molecule has 0 spiro atoms. The molecular formula is C25H31ClN6O5S. The van der Waals surface area contributed by atoms with Gasteiger partial charge in [0.05, 0.1) is 18.0 Å². The van der Waals surface area contributed by atoms with Gasteiger partial charge >= 0.3 is 0 Å². The number of guanidine groups is 1. The van der Waals surface area contributed by atoms with Crippen molar-refractivity contribution in [1.29, 1.82) is 5.41 Å². The van der Waals surface area contributed by atoms with Gasteiger partial charge in [0.15, 0.2) is 0 Å². The SMILES string of the molecule is Cc1cccc(S(=O)(=O)Nc2ccc(C)n(CC(=O)NCCON(Cc3ccccc3)C(=N)N)c2=O)c1.Cl. The first-order valence-corrected chi connectivity index (χ1v) is 12.9. The molecule has 0 unspecified atom stereocenters. The van der Waals surface area contributed by atoms with E-state index in [-0.39, 0.29) is 55.2 Å². The van der Waals surface area contributed by atoms with Gasteiger partial charge in [0, 0.05) is 12.2 Å². The van der Waals surface area contributed by atoms with Gasteiger partial charge < -0.3 is 15.6 Å². The van der Waals surface area contributed by atoms with Gasteiger partial charge in [0.2, 0.25) is 11.9 Å². The lowest BCUT2D eigenvalue weighted by atomic mass is 10.2. The van der Waals surface area contributed by atoms with Gasteiger partial charge in [0.1, 0.15) is 12.2 Å². The molecule has 1 aromatic heterocycles. The number of hydrogen-bond donors (Lipinski definition) is 4. The van der Waals surface area contributed by atoms with Crippen molar-refractivity contribution in [2.45, 2.75) is 31.8 Å². The number of amides is 1. The summed E-state index contributed by atoms with van der Waals surface area (Å²) in [4.78, 5) is 31.0. The van der Waals surface area contributed by atoms with Crippen LogP contribution in [0.3, 0.4) is 0 Å². The molecule has 3 rings (SSSR count). The van der Waals surface area contributed by atoms with Crippen LogP contribution in [-0.2, 0) is 32.7 Å². The normalized spacial score (nSPS) is 10.8. The predicted molar refractivity (Wildman–Crippen MR) is 148 cm³/mol. The van der Waals surface area contributed by atoms with Gasteiger partial charge in [-0.25, -0.2) is 13.5 Å². The van der Waals surface area contributed by atoms with E-state index in [0.717, 1.165) is 11.1 Å². The average Bonchev–Trinajstić information content (AvgIpc) is 2.86. The third-order valence-electron chi connectivity index (χ3n) is 5.35. The number of benzene rings is 2. The number of nitrogens with one attached hydrogen (secondary N) is 3.